The lowest BCUT2D eigenvalue weighted by Crippen LogP contribution is -2.02. The van der Waals surface area contributed by atoms with Gasteiger partial charge in [-0.2, -0.15) is 0 Å². The smallest absolute Gasteiger partial charge is 0.354 e. The molecule has 0 aliphatic heterocycles. The number of carbonyl (C=O) groups is 1. The Morgan fingerprint density at radius 1 is 1.64 bits per heavy atom. The summed E-state index contributed by atoms with van der Waals surface area (Å²) in [5.74, 6) is -1.07. The Hall–Kier alpha value is -1.75. The van der Waals surface area contributed by atoms with E-state index in [-0.39, 0.29) is 5.69 Å². The van der Waals surface area contributed by atoms with Gasteiger partial charge in [0.25, 0.3) is 0 Å². The molecule has 3 N–H and O–H groups in total. The molecule has 0 aliphatic rings. The van der Waals surface area contributed by atoms with Gasteiger partial charge in [0, 0.05) is 11.9 Å². The number of hydrogen-bond acceptors (Lipinski definition) is 3. The van der Waals surface area contributed by atoms with Gasteiger partial charge in [0.15, 0.2) is 11.3 Å². The Bertz CT molecular complexity index is 521. The van der Waals surface area contributed by atoms with Crippen molar-refractivity contribution in [1.29, 1.82) is 0 Å². The summed E-state index contributed by atoms with van der Waals surface area (Å²) in [6, 6.07) is 1.52. The number of imidazole rings is 1. The number of carboxylic acid groups (broad SMARTS) is 1. The SMILES string of the molecule is Nc1cc(Cl)c2ncc(C(=O)O)n2c1. The van der Waals surface area contributed by atoms with Crippen molar-refractivity contribution in [3.05, 3.63) is 29.2 Å². The van der Waals surface area contributed by atoms with E-state index in [1.165, 1.54) is 22.9 Å². The molecule has 2 rings (SSSR count). The van der Waals surface area contributed by atoms with E-state index in [2.05, 4.69) is 4.98 Å². The molecule has 0 spiro atoms. The van der Waals surface area contributed by atoms with Crippen LogP contribution in [0.25, 0.3) is 5.65 Å². The van der Waals surface area contributed by atoms with E-state index in [1.54, 1.807) is 0 Å². The zero-order valence-corrected chi connectivity index (χ0v) is 7.69. The summed E-state index contributed by atoms with van der Waals surface area (Å²) < 4.78 is 1.35. The quantitative estimate of drug-likeness (QED) is 0.744. The second kappa shape index (κ2) is 2.88. The van der Waals surface area contributed by atoms with Crippen molar-refractivity contribution in [2.75, 3.05) is 5.73 Å². The van der Waals surface area contributed by atoms with Gasteiger partial charge in [-0.15, -0.1) is 0 Å². The normalized spacial score (nSPS) is 10.6. The summed E-state index contributed by atoms with van der Waals surface area (Å²) in [5, 5.41) is 9.14. The first-order valence-electron chi connectivity index (χ1n) is 3.75. The Balaban J connectivity index is 2.85. The molecule has 0 bridgehead atoms. The highest BCUT2D eigenvalue weighted by molar-refractivity contribution is 6.33. The molecule has 0 saturated heterocycles. The lowest BCUT2D eigenvalue weighted by Gasteiger charge is -2.00. The largest absolute Gasteiger partial charge is 0.477 e. The third kappa shape index (κ3) is 1.18. The van der Waals surface area contributed by atoms with Gasteiger partial charge in [-0.1, -0.05) is 11.6 Å². The highest BCUT2D eigenvalue weighted by Crippen LogP contribution is 2.20. The molecule has 14 heavy (non-hydrogen) atoms. The first kappa shape index (κ1) is 8.83. The fraction of sp³-hybridized carbons (Fsp3) is 0. The Labute approximate surface area is 83.7 Å². The molecular formula is C8H6ClN3O2. The number of aromatic nitrogens is 2. The molecule has 5 nitrogen and oxygen atoms in total. The molecule has 0 aliphatic carbocycles. The summed E-state index contributed by atoms with van der Waals surface area (Å²) in [4.78, 5) is 14.6. The molecule has 2 heterocycles. The predicted octanol–water partition coefficient (Wildman–Crippen LogP) is 1.27. The minimum atomic E-state index is -1.07. The first-order chi connectivity index (χ1) is 6.59. The van der Waals surface area contributed by atoms with Crippen molar-refractivity contribution in [1.82, 2.24) is 9.38 Å². The molecule has 2 aromatic heterocycles. The average molecular weight is 212 g/mol. The summed E-state index contributed by atoms with van der Waals surface area (Å²) in [7, 11) is 0. The van der Waals surface area contributed by atoms with E-state index < -0.39 is 5.97 Å². The van der Waals surface area contributed by atoms with Crippen LogP contribution in [0.1, 0.15) is 10.5 Å². The Kier molecular flexibility index (Phi) is 1.82. The number of hydrogen-bond donors (Lipinski definition) is 2. The standard InChI is InChI=1S/C8H6ClN3O2/c9-5-1-4(10)3-12-6(8(13)14)2-11-7(5)12/h1-3H,10H2,(H,13,14). The highest BCUT2D eigenvalue weighted by Gasteiger charge is 2.12. The Morgan fingerprint density at radius 3 is 3.00 bits per heavy atom. The van der Waals surface area contributed by atoms with Crippen LogP contribution in [-0.4, -0.2) is 20.5 Å². The number of aromatic carboxylic acids is 1. The van der Waals surface area contributed by atoms with Gasteiger partial charge >= 0.3 is 5.97 Å². The van der Waals surface area contributed by atoms with Crippen molar-refractivity contribution in [2.24, 2.45) is 0 Å². The van der Waals surface area contributed by atoms with Crippen molar-refractivity contribution in [3.8, 4) is 0 Å². The molecule has 0 radical (unpaired) electrons. The molecule has 72 valence electrons. The van der Waals surface area contributed by atoms with Crippen molar-refractivity contribution in [3.63, 3.8) is 0 Å². The number of nitrogens with two attached hydrogens (primary N) is 1. The van der Waals surface area contributed by atoms with Crippen LogP contribution in [-0.2, 0) is 0 Å². The number of fused-ring (bicyclic) bond motifs is 1. The number of pyridine rings is 1. The van der Waals surface area contributed by atoms with Crippen LogP contribution in [0, 0.1) is 0 Å². The van der Waals surface area contributed by atoms with Crippen LogP contribution < -0.4 is 5.73 Å². The lowest BCUT2D eigenvalue weighted by atomic mass is 10.4. The van der Waals surface area contributed by atoms with Gasteiger partial charge < -0.3 is 10.8 Å². The number of carboxylic acids is 1. The van der Waals surface area contributed by atoms with Gasteiger partial charge in [-0.3, -0.25) is 4.40 Å². The minimum absolute atomic E-state index is 0.0363. The summed E-state index contributed by atoms with van der Waals surface area (Å²) in [5.41, 5.74) is 6.34. The predicted molar refractivity (Wildman–Crippen MR) is 51.6 cm³/mol. The third-order valence-corrected chi connectivity index (χ3v) is 2.08. The first-order valence-corrected chi connectivity index (χ1v) is 4.13. The van der Waals surface area contributed by atoms with Gasteiger partial charge in [0.1, 0.15) is 0 Å². The molecule has 6 heteroatoms. The lowest BCUT2D eigenvalue weighted by molar-refractivity contribution is 0.0689. The summed E-state index contributed by atoms with van der Waals surface area (Å²) in [6.07, 6.45) is 2.71. The second-order valence-corrected chi connectivity index (χ2v) is 3.17. The van der Waals surface area contributed by atoms with Gasteiger partial charge in [-0.05, 0) is 6.07 Å². The maximum Gasteiger partial charge on any atom is 0.354 e. The van der Waals surface area contributed by atoms with Crippen LogP contribution in [0.4, 0.5) is 5.69 Å². The Morgan fingerprint density at radius 2 is 2.36 bits per heavy atom. The van der Waals surface area contributed by atoms with E-state index in [4.69, 9.17) is 22.4 Å². The van der Waals surface area contributed by atoms with Gasteiger partial charge in [0.2, 0.25) is 0 Å². The fourth-order valence-electron chi connectivity index (χ4n) is 1.22. The van der Waals surface area contributed by atoms with Gasteiger partial charge in [-0.25, -0.2) is 9.78 Å². The van der Waals surface area contributed by atoms with Crippen LogP contribution in [0.15, 0.2) is 18.5 Å². The highest BCUT2D eigenvalue weighted by atomic mass is 35.5. The molecule has 0 fully saturated rings. The van der Waals surface area contributed by atoms with Crippen LogP contribution >= 0.6 is 11.6 Å². The molecule has 2 aromatic rings. The number of nitrogens with zero attached hydrogens (tertiary/aromatic N) is 2. The molecule has 0 atom stereocenters. The van der Waals surface area contributed by atoms with Crippen molar-refractivity contribution < 1.29 is 9.90 Å². The van der Waals surface area contributed by atoms with E-state index in [9.17, 15) is 4.79 Å². The number of anilines is 1. The zero-order valence-electron chi connectivity index (χ0n) is 6.94. The minimum Gasteiger partial charge on any atom is -0.477 e. The number of halogens is 1. The summed E-state index contributed by atoms with van der Waals surface area (Å²) in [6.45, 7) is 0. The van der Waals surface area contributed by atoms with Crippen LogP contribution in [0.2, 0.25) is 5.02 Å². The van der Waals surface area contributed by atoms with E-state index in [0.29, 0.717) is 16.4 Å². The third-order valence-electron chi connectivity index (χ3n) is 1.80. The average Bonchev–Trinajstić information content (AvgIpc) is 2.47. The molecule has 0 unspecified atom stereocenters. The van der Waals surface area contributed by atoms with E-state index in [0.717, 1.165) is 0 Å². The maximum absolute atomic E-state index is 10.8. The molecule has 0 saturated carbocycles. The fourth-order valence-corrected chi connectivity index (χ4v) is 1.49. The number of nitrogen functional groups attached to an aromatic ring is 1. The van der Waals surface area contributed by atoms with Crippen LogP contribution in [0.5, 0.6) is 0 Å². The van der Waals surface area contributed by atoms with Crippen LogP contribution in [0.3, 0.4) is 0 Å². The summed E-state index contributed by atoms with van der Waals surface area (Å²) >= 11 is 5.82. The van der Waals surface area contributed by atoms with Crippen molar-refractivity contribution >= 4 is 28.9 Å². The van der Waals surface area contributed by atoms with Gasteiger partial charge in [0.05, 0.1) is 11.2 Å². The van der Waals surface area contributed by atoms with Crippen molar-refractivity contribution in [2.45, 2.75) is 0 Å². The number of rotatable bonds is 1. The van der Waals surface area contributed by atoms with E-state index in [1.807, 2.05) is 0 Å². The monoisotopic (exact) mass is 211 g/mol. The second-order valence-electron chi connectivity index (χ2n) is 2.76. The molecular weight excluding hydrogens is 206 g/mol. The maximum atomic E-state index is 10.8. The zero-order chi connectivity index (χ0) is 10.3. The molecule has 0 aromatic carbocycles. The topological polar surface area (TPSA) is 80.6 Å². The van der Waals surface area contributed by atoms with E-state index >= 15 is 0 Å². The molecule has 0 amide bonds.